The second kappa shape index (κ2) is 8.19. The average molecular weight is 301 g/mol. The smallest absolute Gasteiger partial charge is 0.230 e. The molecule has 6 heteroatoms. The van der Waals surface area contributed by atoms with Crippen molar-refractivity contribution >= 4 is 35.1 Å². The average Bonchev–Trinajstić information content (AvgIpc) is 2.39. The molecule has 0 aromatic heterocycles. The number of carbonyl (C=O) groups is 2. The molecule has 0 bridgehead atoms. The zero-order chi connectivity index (χ0) is 14.3. The number of nitrogens with one attached hydrogen (secondary N) is 1. The summed E-state index contributed by atoms with van der Waals surface area (Å²) in [7, 11) is 0. The number of carbonyl (C=O) groups excluding carboxylic acids is 2. The molecule has 0 heterocycles. The van der Waals surface area contributed by atoms with E-state index in [4.69, 9.17) is 17.3 Å². The van der Waals surface area contributed by atoms with Gasteiger partial charge in [0.15, 0.2) is 5.78 Å². The Bertz CT molecular complexity index is 437. The summed E-state index contributed by atoms with van der Waals surface area (Å²) in [5.41, 5.74) is 6.00. The van der Waals surface area contributed by atoms with Crippen LogP contribution >= 0.6 is 23.4 Å². The summed E-state index contributed by atoms with van der Waals surface area (Å²) in [6.07, 6.45) is 0. The molecule has 1 rings (SSSR count). The fraction of sp³-hybridized carbons (Fsp3) is 0.385. The molecule has 0 fully saturated rings. The molecule has 104 valence electrons. The summed E-state index contributed by atoms with van der Waals surface area (Å²) in [6, 6.07) is 6.67. The van der Waals surface area contributed by atoms with Crippen LogP contribution in [0.3, 0.4) is 0 Å². The van der Waals surface area contributed by atoms with Crippen molar-refractivity contribution in [2.45, 2.75) is 13.0 Å². The van der Waals surface area contributed by atoms with Crippen molar-refractivity contribution < 1.29 is 9.59 Å². The van der Waals surface area contributed by atoms with Gasteiger partial charge in [0.1, 0.15) is 0 Å². The maximum absolute atomic E-state index is 11.8. The number of benzene rings is 1. The van der Waals surface area contributed by atoms with Crippen LogP contribution in [0.25, 0.3) is 0 Å². The van der Waals surface area contributed by atoms with Crippen molar-refractivity contribution in [1.82, 2.24) is 5.32 Å². The lowest BCUT2D eigenvalue weighted by Gasteiger charge is -2.10. The van der Waals surface area contributed by atoms with E-state index in [2.05, 4.69) is 5.32 Å². The Morgan fingerprint density at radius 3 is 2.53 bits per heavy atom. The first-order valence-corrected chi connectivity index (χ1v) is 7.42. The summed E-state index contributed by atoms with van der Waals surface area (Å²) >= 11 is 7.03. The zero-order valence-electron chi connectivity index (χ0n) is 10.7. The number of thioether (sulfide) groups is 1. The molecule has 1 amide bonds. The molecule has 0 spiro atoms. The normalized spacial score (nSPS) is 11.9. The number of nitrogens with two attached hydrogens (primary N) is 1. The van der Waals surface area contributed by atoms with Gasteiger partial charge in [-0.2, -0.15) is 0 Å². The van der Waals surface area contributed by atoms with Gasteiger partial charge in [-0.15, -0.1) is 11.8 Å². The first-order valence-electron chi connectivity index (χ1n) is 5.89. The maximum Gasteiger partial charge on any atom is 0.230 e. The minimum atomic E-state index is -0.105. The summed E-state index contributed by atoms with van der Waals surface area (Å²) < 4.78 is 0. The Labute approximate surface area is 122 Å². The van der Waals surface area contributed by atoms with Crippen molar-refractivity contribution in [2.24, 2.45) is 5.73 Å². The number of hydrogen-bond donors (Lipinski definition) is 2. The third kappa shape index (κ3) is 6.09. The largest absolute Gasteiger partial charge is 0.352 e. The topological polar surface area (TPSA) is 72.2 Å². The Kier molecular flexibility index (Phi) is 6.91. The highest BCUT2D eigenvalue weighted by molar-refractivity contribution is 8.00. The van der Waals surface area contributed by atoms with Gasteiger partial charge in [-0.25, -0.2) is 0 Å². The number of ketones is 1. The molecular formula is C13H17ClN2O2S. The predicted octanol–water partition coefficient (Wildman–Crippen LogP) is 1.72. The van der Waals surface area contributed by atoms with Crippen LogP contribution in [0.2, 0.25) is 5.02 Å². The van der Waals surface area contributed by atoms with Crippen molar-refractivity contribution in [3.05, 3.63) is 34.9 Å². The Morgan fingerprint density at radius 2 is 1.95 bits per heavy atom. The van der Waals surface area contributed by atoms with Crippen molar-refractivity contribution in [1.29, 1.82) is 0 Å². The van der Waals surface area contributed by atoms with Gasteiger partial charge in [0, 0.05) is 23.2 Å². The highest BCUT2D eigenvalue weighted by Gasteiger charge is 2.09. The molecule has 0 aliphatic carbocycles. The Morgan fingerprint density at radius 1 is 1.32 bits per heavy atom. The molecule has 0 unspecified atom stereocenters. The maximum atomic E-state index is 11.8. The standard InChI is InChI=1S/C13H17ClN2O2S/c1-9(6-15)16-13(18)8-19-7-12(17)10-2-4-11(14)5-3-10/h2-5,9H,6-8,15H2,1H3,(H,16,18)/t9-/m0/s1. The molecule has 0 radical (unpaired) electrons. The molecule has 0 aliphatic rings. The van der Waals surface area contributed by atoms with E-state index in [9.17, 15) is 9.59 Å². The van der Waals surface area contributed by atoms with Gasteiger partial charge in [-0.05, 0) is 31.2 Å². The SMILES string of the molecule is C[C@@H](CN)NC(=O)CSCC(=O)c1ccc(Cl)cc1. The number of rotatable bonds is 7. The fourth-order valence-corrected chi connectivity index (χ4v) is 2.18. The van der Waals surface area contributed by atoms with Crippen molar-refractivity contribution in [3.63, 3.8) is 0 Å². The monoisotopic (exact) mass is 300 g/mol. The quantitative estimate of drug-likeness (QED) is 0.752. The lowest BCUT2D eigenvalue weighted by molar-refractivity contribution is -0.119. The number of amides is 1. The zero-order valence-corrected chi connectivity index (χ0v) is 12.3. The third-order valence-corrected chi connectivity index (χ3v) is 3.58. The van der Waals surface area contributed by atoms with Crippen molar-refractivity contribution in [2.75, 3.05) is 18.1 Å². The second-order valence-electron chi connectivity index (χ2n) is 4.13. The van der Waals surface area contributed by atoms with Gasteiger partial charge in [-0.3, -0.25) is 9.59 Å². The van der Waals surface area contributed by atoms with Crippen LogP contribution in [0.5, 0.6) is 0 Å². The van der Waals surface area contributed by atoms with E-state index >= 15 is 0 Å². The van der Waals surface area contributed by atoms with E-state index in [1.807, 2.05) is 6.92 Å². The molecule has 0 saturated carbocycles. The number of halogens is 1. The van der Waals surface area contributed by atoms with Gasteiger partial charge in [0.05, 0.1) is 11.5 Å². The minimum absolute atomic E-state index is 0.0126. The van der Waals surface area contributed by atoms with Crippen LogP contribution < -0.4 is 11.1 Å². The summed E-state index contributed by atoms with van der Waals surface area (Å²) in [6.45, 7) is 2.24. The van der Waals surface area contributed by atoms with Gasteiger partial charge in [0.2, 0.25) is 5.91 Å². The Hall–Kier alpha value is -1.04. The minimum Gasteiger partial charge on any atom is -0.352 e. The molecule has 3 N–H and O–H groups in total. The molecule has 1 aromatic rings. The lowest BCUT2D eigenvalue weighted by Crippen LogP contribution is -2.38. The first-order chi connectivity index (χ1) is 9.02. The van der Waals surface area contributed by atoms with Gasteiger partial charge in [-0.1, -0.05) is 11.6 Å². The predicted molar refractivity (Wildman–Crippen MR) is 79.8 cm³/mol. The molecule has 4 nitrogen and oxygen atoms in total. The molecule has 0 saturated heterocycles. The summed E-state index contributed by atoms with van der Waals surface area (Å²) in [5, 5.41) is 3.33. The summed E-state index contributed by atoms with van der Waals surface area (Å²) in [5.74, 6) is 0.406. The highest BCUT2D eigenvalue weighted by Crippen LogP contribution is 2.12. The van der Waals surface area contributed by atoms with E-state index in [1.54, 1.807) is 24.3 Å². The molecule has 19 heavy (non-hydrogen) atoms. The van der Waals surface area contributed by atoms with Crippen LogP contribution in [0.15, 0.2) is 24.3 Å². The van der Waals surface area contributed by atoms with E-state index < -0.39 is 0 Å². The van der Waals surface area contributed by atoms with E-state index in [1.165, 1.54) is 11.8 Å². The van der Waals surface area contributed by atoms with Gasteiger partial charge >= 0.3 is 0 Å². The fourth-order valence-electron chi connectivity index (χ4n) is 1.33. The van der Waals surface area contributed by atoms with Crippen LogP contribution in [-0.2, 0) is 4.79 Å². The molecule has 0 aliphatic heterocycles. The van der Waals surface area contributed by atoms with Gasteiger partial charge < -0.3 is 11.1 Å². The first kappa shape index (κ1) is 16.0. The third-order valence-electron chi connectivity index (χ3n) is 2.39. The Balaban J connectivity index is 2.31. The molecular weight excluding hydrogens is 284 g/mol. The van der Waals surface area contributed by atoms with Crippen molar-refractivity contribution in [3.8, 4) is 0 Å². The van der Waals surface area contributed by atoms with Crippen LogP contribution in [0.1, 0.15) is 17.3 Å². The van der Waals surface area contributed by atoms with Crippen LogP contribution in [0, 0.1) is 0 Å². The molecule has 1 atom stereocenters. The number of Topliss-reactive ketones (excluding diaryl/α,β-unsaturated/α-hetero) is 1. The molecule has 1 aromatic carbocycles. The van der Waals surface area contributed by atoms with E-state index in [0.717, 1.165) is 0 Å². The number of hydrogen-bond acceptors (Lipinski definition) is 4. The van der Waals surface area contributed by atoms with E-state index in [-0.39, 0.29) is 29.2 Å². The summed E-state index contributed by atoms with van der Waals surface area (Å²) in [4.78, 5) is 23.3. The lowest BCUT2D eigenvalue weighted by atomic mass is 10.1. The highest BCUT2D eigenvalue weighted by atomic mass is 35.5. The van der Waals surface area contributed by atoms with Crippen LogP contribution in [-0.4, -0.2) is 35.8 Å². The van der Waals surface area contributed by atoms with Gasteiger partial charge in [0.25, 0.3) is 0 Å². The van der Waals surface area contributed by atoms with E-state index in [0.29, 0.717) is 17.1 Å². The van der Waals surface area contributed by atoms with Crippen LogP contribution in [0.4, 0.5) is 0 Å². The second-order valence-corrected chi connectivity index (χ2v) is 5.55.